The van der Waals surface area contributed by atoms with Gasteiger partial charge >= 0.3 is 0 Å². The van der Waals surface area contributed by atoms with E-state index < -0.39 is 0 Å². The number of halogens is 1. The van der Waals surface area contributed by atoms with Gasteiger partial charge in [0.05, 0.1) is 7.11 Å². The van der Waals surface area contributed by atoms with Gasteiger partial charge in [0.15, 0.2) is 11.5 Å². The van der Waals surface area contributed by atoms with Crippen LogP contribution in [0.25, 0.3) is 0 Å². The summed E-state index contributed by atoms with van der Waals surface area (Å²) >= 11 is 0. The largest absolute Gasteiger partial charge is 0.493 e. The molecule has 0 bridgehead atoms. The van der Waals surface area contributed by atoms with Crippen LogP contribution in [0.2, 0.25) is 0 Å². The molecule has 0 aromatic heterocycles. The Kier molecular flexibility index (Phi) is 4.67. The van der Waals surface area contributed by atoms with E-state index in [1.165, 1.54) is 6.07 Å². The number of nitrogens with one attached hydrogen (secondary N) is 1. The quantitative estimate of drug-likeness (QED) is 0.917. The highest BCUT2D eigenvalue weighted by Gasteiger charge is 2.19. The third kappa shape index (κ3) is 3.40. The lowest BCUT2D eigenvalue weighted by molar-refractivity contribution is 0.165. The van der Waals surface area contributed by atoms with E-state index in [-0.39, 0.29) is 11.9 Å². The number of hydrogen-bond acceptors (Lipinski definition) is 4. The number of ether oxygens (including phenoxy) is 3. The molecule has 0 aliphatic carbocycles. The Bertz CT molecular complexity index is 673. The maximum atomic E-state index is 13.8. The van der Waals surface area contributed by atoms with Crippen LogP contribution < -0.4 is 19.5 Å². The van der Waals surface area contributed by atoms with Crippen LogP contribution in [0.5, 0.6) is 17.2 Å². The monoisotopic (exact) mass is 317 g/mol. The SMILES string of the molecule is COc1cc(CNC(C)c2ccccc2F)cc2c1OCCO2. The molecule has 0 radical (unpaired) electrons. The lowest BCUT2D eigenvalue weighted by Crippen LogP contribution is -2.20. The fraction of sp³-hybridized carbons (Fsp3) is 0.333. The Morgan fingerprint density at radius 1 is 1.22 bits per heavy atom. The summed E-state index contributed by atoms with van der Waals surface area (Å²) in [4.78, 5) is 0. The van der Waals surface area contributed by atoms with Crippen LogP contribution in [0.3, 0.4) is 0 Å². The van der Waals surface area contributed by atoms with Crippen molar-refractivity contribution >= 4 is 0 Å². The minimum absolute atomic E-state index is 0.101. The zero-order valence-electron chi connectivity index (χ0n) is 13.3. The predicted molar refractivity (Wildman–Crippen MR) is 85.6 cm³/mol. The highest BCUT2D eigenvalue weighted by atomic mass is 19.1. The molecule has 3 rings (SSSR count). The van der Waals surface area contributed by atoms with E-state index >= 15 is 0 Å². The fourth-order valence-electron chi connectivity index (χ4n) is 2.64. The van der Waals surface area contributed by atoms with E-state index in [2.05, 4.69) is 5.32 Å². The molecule has 1 unspecified atom stereocenters. The second kappa shape index (κ2) is 6.87. The third-order valence-corrected chi connectivity index (χ3v) is 3.87. The molecule has 5 heteroatoms. The Hall–Kier alpha value is -2.27. The van der Waals surface area contributed by atoms with Gasteiger partial charge in [0.2, 0.25) is 5.75 Å². The summed E-state index contributed by atoms with van der Waals surface area (Å²) in [5, 5.41) is 3.32. The summed E-state index contributed by atoms with van der Waals surface area (Å²) in [6, 6.07) is 10.5. The van der Waals surface area contributed by atoms with Crippen LogP contribution in [0.1, 0.15) is 24.1 Å². The van der Waals surface area contributed by atoms with Gasteiger partial charge in [0.25, 0.3) is 0 Å². The summed E-state index contributed by atoms with van der Waals surface area (Å²) in [6.45, 7) is 3.56. The maximum Gasteiger partial charge on any atom is 0.203 e. The molecule has 1 aliphatic rings. The van der Waals surface area contributed by atoms with E-state index in [0.717, 1.165) is 5.56 Å². The number of hydrogen-bond donors (Lipinski definition) is 1. The number of fused-ring (bicyclic) bond motifs is 1. The van der Waals surface area contributed by atoms with Gasteiger partial charge in [-0.25, -0.2) is 4.39 Å². The lowest BCUT2D eigenvalue weighted by atomic mass is 10.1. The second-order valence-corrected chi connectivity index (χ2v) is 5.45. The zero-order valence-corrected chi connectivity index (χ0v) is 13.3. The first-order valence-electron chi connectivity index (χ1n) is 7.63. The van der Waals surface area contributed by atoms with Crippen molar-refractivity contribution in [2.45, 2.75) is 19.5 Å². The summed E-state index contributed by atoms with van der Waals surface area (Å²) in [5.74, 6) is 1.78. The van der Waals surface area contributed by atoms with E-state index in [4.69, 9.17) is 14.2 Å². The summed E-state index contributed by atoms with van der Waals surface area (Å²) in [6.07, 6.45) is 0. The molecule has 23 heavy (non-hydrogen) atoms. The predicted octanol–water partition coefficient (Wildman–Crippen LogP) is 3.46. The van der Waals surface area contributed by atoms with E-state index in [0.29, 0.717) is 42.6 Å². The molecule has 4 nitrogen and oxygen atoms in total. The molecule has 2 aromatic carbocycles. The van der Waals surface area contributed by atoms with Gasteiger partial charge in [-0.2, -0.15) is 0 Å². The first kappa shape index (κ1) is 15.6. The van der Waals surface area contributed by atoms with Crippen LogP contribution in [0.4, 0.5) is 4.39 Å². The van der Waals surface area contributed by atoms with Crippen molar-refractivity contribution in [1.82, 2.24) is 5.32 Å². The molecule has 0 saturated carbocycles. The van der Waals surface area contributed by atoms with Crippen molar-refractivity contribution in [3.63, 3.8) is 0 Å². The maximum absolute atomic E-state index is 13.8. The second-order valence-electron chi connectivity index (χ2n) is 5.45. The smallest absolute Gasteiger partial charge is 0.203 e. The third-order valence-electron chi connectivity index (χ3n) is 3.87. The first-order valence-corrected chi connectivity index (χ1v) is 7.63. The van der Waals surface area contributed by atoms with Gasteiger partial charge < -0.3 is 19.5 Å². The van der Waals surface area contributed by atoms with Crippen molar-refractivity contribution in [3.05, 3.63) is 53.3 Å². The molecule has 0 amide bonds. The van der Waals surface area contributed by atoms with Gasteiger partial charge in [-0.3, -0.25) is 0 Å². The fourth-order valence-corrected chi connectivity index (χ4v) is 2.64. The van der Waals surface area contributed by atoms with Crippen LogP contribution in [0.15, 0.2) is 36.4 Å². The van der Waals surface area contributed by atoms with Crippen LogP contribution in [-0.2, 0) is 6.54 Å². The van der Waals surface area contributed by atoms with Gasteiger partial charge in [-0.05, 0) is 30.7 Å². The van der Waals surface area contributed by atoms with Crippen molar-refractivity contribution in [2.24, 2.45) is 0 Å². The Morgan fingerprint density at radius 3 is 2.78 bits per heavy atom. The van der Waals surface area contributed by atoms with Crippen molar-refractivity contribution in [1.29, 1.82) is 0 Å². The molecule has 1 atom stereocenters. The minimum Gasteiger partial charge on any atom is -0.493 e. The summed E-state index contributed by atoms with van der Waals surface area (Å²) in [7, 11) is 1.60. The molecule has 1 heterocycles. The Morgan fingerprint density at radius 2 is 2.00 bits per heavy atom. The van der Waals surface area contributed by atoms with Crippen LogP contribution >= 0.6 is 0 Å². The minimum atomic E-state index is -0.202. The van der Waals surface area contributed by atoms with Crippen LogP contribution in [-0.4, -0.2) is 20.3 Å². The zero-order chi connectivity index (χ0) is 16.2. The molecule has 0 spiro atoms. The lowest BCUT2D eigenvalue weighted by Gasteiger charge is -2.22. The van der Waals surface area contributed by atoms with Gasteiger partial charge in [0.1, 0.15) is 19.0 Å². The van der Waals surface area contributed by atoms with Crippen molar-refractivity contribution in [2.75, 3.05) is 20.3 Å². The van der Waals surface area contributed by atoms with Gasteiger partial charge in [-0.1, -0.05) is 18.2 Å². The van der Waals surface area contributed by atoms with Gasteiger partial charge in [0, 0.05) is 18.2 Å². The Labute approximate surface area is 135 Å². The van der Waals surface area contributed by atoms with Gasteiger partial charge in [-0.15, -0.1) is 0 Å². The average Bonchev–Trinajstić information content (AvgIpc) is 2.59. The molecule has 1 aliphatic heterocycles. The first-order chi connectivity index (χ1) is 11.2. The van der Waals surface area contributed by atoms with E-state index in [9.17, 15) is 4.39 Å². The molecular weight excluding hydrogens is 297 g/mol. The summed E-state index contributed by atoms with van der Waals surface area (Å²) < 4.78 is 30.4. The average molecular weight is 317 g/mol. The highest BCUT2D eigenvalue weighted by Crippen LogP contribution is 2.40. The standard InChI is InChI=1S/C18H20FNO3/c1-12(14-5-3-4-6-15(14)19)20-11-13-9-16(21-2)18-17(10-13)22-7-8-23-18/h3-6,9-10,12,20H,7-8,11H2,1-2H3. The highest BCUT2D eigenvalue weighted by molar-refractivity contribution is 5.54. The van der Waals surface area contributed by atoms with Crippen molar-refractivity contribution < 1.29 is 18.6 Å². The number of rotatable bonds is 5. The molecular formula is C18H20FNO3. The van der Waals surface area contributed by atoms with E-state index in [1.54, 1.807) is 19.2 Å². The number of benzene rings is 2. The topological polar surface area (TPSA) is 39.7 Å². The van der Waals surface area contributed by atoms with Crippen LogP contribution in [0, 0.1) is 5.82 Å². The molecule has 1 N–H and O–H groups in total. The molecule has 122 valence electrons. The Balaban J connectivity index is 1.74. The molecule has 2 aromatic rings. The normalized spacial score (nSPS) is 14.4. The molecule has 0 fully saturated rings. The molecule has 0 saturated heterocycles. The van der Waals surface area contributed by atoms with Crippen molar-refractivity contribution in [3.8, 4) is 17.2 Å². The number of methoxy groups -OCH3 is 1. The summed E-state index contributed by atoms with van der Waals surface area (Å²) in [5.41, 5.74) is 1.64. The van der Waals surface area contributed by atoms with E-state index in [1.807, 2.05) is 25.1 Å².